The first-order valence-electron chi connectivity index (χ1n) is 12.1. The van der Waals surface area contributed by atoms with Crippen LogP contribution in [0.25, 0.3) is 0 Å². The van der Waals surface area contributed by atoms with Gasteiger partial charge in [0, 0.05) is 43.8 Å². The molecule has 2 N–H and O–H groups in total. The molecule has 0 unspecified atom stereocenters. The lowest BCUT2D eigenvalue weighted by molar-refractivity contribution is -0.133. The van der Waals surface area contributed by atoms with E-state index in [0.717, 1.165) is 57.6 Å². The van der Waals surface area contributed by atoms with Gasteiger partial charge in [-0.05, 0) is 63.4 Å². The van der Waals surface area contributed by atoms with Gasteiger partial charge in [-0.15, -0.1) is 0 Å². The molecule has 6 nitrogen and oxygen atoms in total. The van der Waals surface area contributed by atoms with Crippen molar-refractivity contribution in [3.05, 3.63) is 35.3 Å². The maximum Gasteiger partial charge on any atom is 0.248 e. The predicted octanol–water partition coefficient (Wildman–Crippen LogP) is 4.51. The Morgan fingerprint density at radius 2 is 2.00 bits per heavy atom. The van der Waals surface area contributed by atoms with Gasteiger partial charge in [-0.1, -0.05) is 32.9 Å². The third-order valence-corrected chi connectivity index (χ3v) is 5.52. The van der Waals surface area contributed by atoms with Crippen LogP contribution in [-0.2, 0) is 9.53 Å². The Balaban J connectivity index is 1.95. The molecule has 1 saturated carbocycles. The highest BCUT2D eigenvalue weighted by molar-refractivity contribution is 5.81. The van der Waals surface area contributed by atoms with E-state index in [0.29, 0.717) is 12.5 Å². The molecule has 1 saturated heterocycles. The molecule has 0 radical (unpaired) electrons. The lowest BCUT2D eigenvalue weighted by Gasteiger charge is -2.20. The highest BCUT2D eigenvalue weighted by Crippen LogP contribution is 2.39. The molecule has 2 fully saturated rings. The van der Waals surface area contributed by atoms with E-state index in [-0.39, 0.29) is 12.5 Å². The van der Waals surface area contributed by atoms with Crippen molar-refractivity contribution >= 4 is 11.7 Å². The predicted molar refractivity (Wildman–Crippen MR) is 129 cm³/mol. The van der Waals surface area contributed by atoms with Crippen molar-refractivity contribution in [2.24, 2.45) is 10.9 Å². The normalized spacial score (nSPS) is 19.5. The third-order valence-electron chi connectivity index (χ3n) is 5.52. The first kappa shape index (κ1) is 25.2. The van der Waals surface area contributed by atoms with Crippen molar-refractivity contribution in [1.82, 2.24) is 15.5 Å². The molecule has 2 rings (SSSR count). The van der Waals surface area contributed by atoms with Gasteiger partial charge in [-0.25, -0.2) is 4.99 Å². The van der Waals surface area contributed by atoms with Gasteiger partial charge < -0.3 is 20.3 Å². The van der Waals surface area contributed by atoms with Crippen LogP contribution in [0.5, 0.6) is 0 Å². The van der Waals surface area contributed by atoms with E-state index in [4.69, 9.17) is 9.73 Å². The Kier molecular flexibility index (Phi) is 11.4. The smallest absolute Gasteiger partial charge is 0.248 e. The second kappa shape index (κ2) is 14.1. The average molecular weight is 431 g/mol. The number of carbonyl (C=O) groups excluding carboxylic acids is 1. The van der Waals surface area contributed by atoms with Crippen LogP contribution in [0.3, 0.4) is 0 Å². The molecular formula is C25H42N4O2. The number of amides is 1. The van der Waals surface area contributed by atoms with E-state index < -0.39 is 0 Å². The van der Waals surface area contributed by atoms with Crippen molar-refractivity contribution in [3.8, 4) is 0 Å². The number of allylic oxidation sites excluding steroid dienone is 4. The van der Waals surface area contributed by atoms with E-state index >= 15 is 0 Å². The van der Waals surface area contributed by atoms with Gasteiger partial charge in [0.25, 0.3) is 0 Å². The van der Waals surface area contributed by atoms with Crippen molar-refractivity contribution in [3.63, 3.8) is 0 Å². The first-order valence-corrected chi connectivity index (χ1v) is 12.1. The lowest BCUT2D eigenvalue weighted by Crippen LogP contribution is -2.34. The molecule has 1 heterocycles. The Morgan fingerprint density at radius 3 is 2.68 bits per heavy atom. The maximum atomic E-state index is 12.1. The van der Waals surface area contributed by atoms with Crippen molar-refractivity contribution in [1.29, 1.82) is 0 Å². The average Bonchev–Trinajstić information content (AvgIpc) is 3.60. The van der Waals surface area contributed by atoms with E-state index in [1.54, 1.807) is 0 Å². The number of hydrogen-bond acceptors (Lipinski definition) is 4. The summed E-state index contributed by atoms with van der Waals surface area (Å²) < 4.78 is 5.32. The van der Waals surface area contributed by atoms with Crippen molar-refractivity contribution in [2.45, 2.75) is 72.6 Å². The number of nitrogens with zero attached hydrogens (tertiary/aromatic N) is 2. The summed E-state index contributed by atoms with van der Waals surface area (Å²) in [5, 5.41) is 7.06. The third kappa shape index (κ3) is 9.30. The van der Waals surface area contributed by atoms with Gasteiger partial charge in [0.2, 0.25) is 5.91 Å². The number of amidine groups is 1. The van der Waals surface area contributed by atoms with Crippen LogP contribution in [0, 0.1) is 5.92 Å². The quantitative estimate of drug-likeness (QED) is 0.207. The molecule has 2 aliphatic rings. The topological polar surface area (TPSA) is 66.0 Å². The Morgan fingerprint density at radius 1 is 1.23 bits per heavy atom. The molecule has 0 aromatic heterocycles. The first-order chi connectivity index (χ1) is 15.1. The summed E-state index contributed by atoms with van der Waals surface area (Å²) in [4.78, 5) is 18.7. The summed E-state index contributed by atoms with van der Waals surface area (Å²) >= 11 is 0. The van der Waals surface area contributed by atoms with Crippen molar-refractivity contribution in [2.75, 3.05) is 32.8 Å². The van der Waals surface area contributed by atoms with Crippen LogP contribution in [0.4, 0.5) is 0 Å². The minimum absolute atomic E-state index is 0.112. The fourth-order valence-corrected chi connectivity index (χ4v) is 3.71. The van der Waals surface area contributed by atoms with Gasteiger partial charge in [0.05, 0.1) is 0 Å². The Bertz CT molecular complexity index is 690. The zero-order valence-corrected chi connectivity index (χ0v) is 20.0. The molecule has 0 aromatic rings. The fraction of sp³-hybridized carbons (Fsp3) is 0.680. The standard InChI is InChI=1S/C25H42N4O2/c1-5-10-22(7-3)28-20(4)27-18-23(21-12-13-21)24(11-6-2)26-14-8-15-29-16-9-17-31-19-25(29)30/h10-11,18,21,26H,5-9,12-17,19H2,1-4H3,(H,27,28)/b22-10+,23-18-,24-11-. The molecule has 0 aromatic carbocycles. The van der Waals surface area contributed by atoms with Crippen LogP contribution >= 0.6 is 0 Å². The molecule has 0 spiro atoms. The number of aliphatic imine (C=N–C) groups is 1. The van der Waals surface area contributed by atoms with Crippen LogP contribution in [0.15, 0.2) is 40.3 Å². The van der Waals surface area contributed by atoms with E-state index in [1.165, 1.54) is 29.8 Å². The molecular weight excluding hydrogens is 388 g/mol. The summed E-state index contributed by atoms with van der Waals surface area (Å²) in [5.41, 5.74) is 3.73. The lowest BCUT2D eigenvalue weighted by atomic mass is 10.1. The summed E-state index contributed by atoms with van der Waals surface area (Å²) in [7, 11) is 0. The monoisotopic (exact) mass is 430 g/mol. The summed E-state index contributed by atoms with van der Waals surface area (Å²) in [6.07, 6.45) is 13.8. The highest BCUT2D eigenvalue weighted by atomic mass is 16.5. The summed E-state index contributed by atoms with van der Waals surface area (Å²) in [5.74, 6) is 1.64. The van der Waals surface area contributed by atoms with E-state index in [2.05, 4.69) is 43.6 Å². The minimum atomic E-state index is 0.112. The number of ether oxygens (including phenoxy) is 1. The molecule has 31 heavy (non-hydrogen) atoms. The zero-order valence-electron chi connectivity index (χ0n) is 20.0. The zero-order chi connectivity index (χ0) is 22.5. The molecule has 1 aliphatic carbocycles. The minimum Gasteiger partial charge on any atom is -0.385 e. The number of hydrogen-bond donors (Lipinski definition) is 2. The largest absolute Gasteiger partial charge is 0.385 e. The van der Waals surface area contributed by atoms with Crippen LogP contribution in [0.1, 0.15) is 72.6 Å². The van der Waals surface area contributed by atoms with Gasteiger partial charge >= 0.3 is 0 Å². The second-order valence-corrected chi connectivity index (χ2v) is 8.28. The SMILES string of the molecule is CC/C=C(NCCCN1CCCOCC1=O)/C(=C\N=C(C)N/C(=C/CC)CC)C1CC1. The Hall–Kier alpha value is -2.08. The highest BCUT2D eigenvalue weighted by Gasteiger charge is 2.28. The van der Waals surface area contributed by atoms with Gasteiger partial charge in [0.15, 0.2) is 0 Å². The van der Waals surface area contributed by atoms with Gasteiger partial charge in [0.1, 0.15) is 12.4 Å². The van der Waals surface area contributed by atoms with Gasteiger partial charge in [-0.2, -0.15) is 0 Å². The number of carbonyl (C=O) groups is 1. The number of nitrogens with one attached hydrogen (secondary N) is 2. The van der Waals surface area contributed by atoms with Crippen molar-refractivity contribution < 1.29 is 9.53 Å². The van der Waals surface area contributed by atoms with Crippen LogP contribution in [-0.4, -0.2) is 49.5 Å². The van der Waals surface area contributed by atoms with E-state index in [1.807, 2.05) is 18.0 Å². The Labute approximate surface area is 188 Å². The second-order valence-electron chi connectivity index (χ2n) is 8.28. The molecule has 1 amide bonds. The van der Waals surface area contributed by atoms with E-state index in [9.17, 15) is 4.79 Å². The molecule has 0 atom stereocenters. The number of rotatable bonds is 12. The molecule has 6 heteroatoms. The fourth-order valence-electron chi connectivity index (χ4n) is 3.71. The van der Waals surface area contributed by atoms with Gasteiger partial charge in [-0.3, -0.25) is 4.79 Å². The maximum absolute atomic E-state index is 12.1. The summed E-state index contributed by atoms with van der Waals surface area (Å²) in [6.45, 7) is 11.8. The van der Waals surface area contributed by atoms with Crippen LogP contribution in [0.2, 0.25) is 0 Å². The van der Waals surface area contributed by atoms with Crippen LogP contribution < -0.4 is 10.6 Å². The molecule has 0 bridgehead atoms. The molecule has 174 valence electrons. The summed E-state index contributed by atoms with van der Waals surface area (Å²) in [6, 6.07) is 0. The molecule has 1 aliphatic heterocycles.